The highest BCUT2D eigenvalue weighted by atomic mass is 79.9. The van der Waals surface area contributed by atoms with E-state index in [1.165, 1.54) is 12.1 Å². The van der Waals surface area contributed by atoms with Gasteiger partial charge in [0.2, 0.25) is 0 Å². The number of rotatable bonds is 3. The lowest BCUT2D eigenvalue weighted by Gasteiger charge is -2.36. The second-order valence-corrected chi connectivity index (χ2v) is 6.16. The Morgan fingerprint density at radius 1 is 1.22 bits per heavy atom. The fourth-order valence-electron chi connectivity index (χ4n) is 2.27. The van der Waals surface area contributed by atoms with Crippen LogP contribution in [0, 0.1) is 17.0 Å². The molecule has 1 saturated heterocycles. The maximum atomic E-state index is 14.0. The van der Waals surface area contributed by atoms with Crippen molar-refractivity contribution < 1.29 is 13.5 Å². The van der Waals surface area contributed by atoms with Crippen molar-refractivity contribution >= 4 is 31.9 Å². The van der Waals surface area contributed by atoms with Crippen LogP contribution in [0.3, 0.4) is 0 Å². The summed E-state index contributed by atoms with van der Waals surface area (Å²) in [6.07, 6.45) is 2.05. The Hall–Kier alpha value is -0.000000000000000132. The number of alkyl halides is 1. The van der Waals surface area contributed by atoms with Crippen molar-refractivity contribution in [1.29, 1.82) is 0 Å². The van der Waals surface area contributed by atoms with Crippen LogP contribution in [-0.2, 0) is 11.2 Å². The van der Waals surface area contributed by atoms with Crippen LogP contribution in [0.1, 0.15) is 18.4 Å². The first kappa shape index (κ1) is 14.4. The Labute approximate surface area is 122 Å². The number of halogens is 4. The number of hydrogen-bond acceptors (Lipinski definition) is 1. The third-order valence-corrected chi connectivity index (χ3v) is 5.33. The second kappa shape index (κ2) is 5.97. The van der Waals surface area contributed by atoms with Crippen LogP contribution >= 0.6 is 31.9 Å². The molecule has 1 aliphatic heterocycles. The molecule has 0 N–H and O–H groups in total. The van der Waals surface area contributed by atoms with Gasteiger partial charge in [-0.05, 0) is 52.7 Å². The SMILES string of the molecule is Fc1ccc(Br)c(F)c1CC1(CBr)CCOCC1. The van der Waals surface area contributed by atoms with Crippen molar-refractivity contribution in [1.82, 2.24) is 0 Å². The van der Waals surface area contributed by atoms with E-state index in [1.54, 1.807) is 0 Å². The molecule has 1 nitrogen and oxygen atoms in total. The first-order valence-corrected chi connectivity index (χ1v) is 7.75. The zero-order valence-electron chi connectivity index (χ0n) is 9.82. The van der Waals surface area contributed by atoms with Crippen molar-refractivity contribution in [3.63, 3.8) is 0 Å². The van der Waals surface area contributed by atoms with Gasteiger partial charge in [0.25, 0.3) is 0 Å². The minimum absolute atomic E-state index is 0.110. The molecule has 100 valence electrons. The molecule has 0 aromatic heterocycles. The summed E-state index contributed by atoms with van der Waals surface area (Å²) in [5.41, 5.74) is 0.0616. The van der Waals surface area contributed by atoms with E-state index in [2.05, 4.69) is 31.9 Å². The van der Waals surface area contributed by atoms with E-state index < -0.39 is 11.6 Å². The molecule has 0 saturated carbocycles. The van der Waals surface area contributed by atoms with E-state index in [0.717, 1.165) is 18.2 Å². The lowest BCUT2D eigenvalue weighted by molar-refractivity contribution is 0.0262. The molecule has 1 aromatic rings. The highest BCUT2D eigenvalue weighted by Gasteiger charge is 2.33. The van der Waals surface area contributed by atoms with Crippen molar-refractivity contribution in [2.45, 2.75) is 19.3 Å². The molecule has 0 spiro atoms. The van der Waals surface area contributed by atoms with Gasteiger partial charge in [-0.3, -0.25) is 0 Å². The van der Waals surface area contributed by atoms with Gasteiger partial charge in [-0.2, -0.15) is 0 Å². The molecule has 0 unspecified atom stereocenters. The Kier molecular flexibility index (Phi) is 4.78. The highest BCUT2D eigenvalue weighted by molar-refractivity contribution is 9.10. The van der Waals surface area contributed by atoms with Gasteiger partial charge >= 0.3 is 0 Å². The maximum Gasteiger partial charge on any atom is 0.143 e. The monoisotopic (exact) mass is 382 g/mol. The second-order valence-electron chi connectivity index (χ2n) is 4.74. The van der Waals surface area contributed by atoms with Crippen molar-refractivity contribution in [3.05, 3.63) is 33.8 Å². The third-order valence-electron chi connectivity index (χ3n) is 3.53. The van der Waals surface area contributed by atoms with E-state index in [-0.39, 0.29) is 11.0 Å². The normalized spacial score (nSPS) is 18.9. The molecule has 1 aromatic carbocycles. The van der Waals surface area contributed by atoms with Gasteiger partial charge in [-0.15, -0.1) is 0 Å². The maximum absolute atomic E-state index is 14.0. The van der Waals surface area contributed by atoms with Crippen LogP contribution < -0.4 is 0 Å². The quantitative estimate of drug-likeness (QED) is 0.553. The summed E-state index contributed by atoms with van der Waals surface area (Å²) in [4.78, 5) is 0. The molecule has 0 bridgehead atoms. The van der Waals surface area contributed by atoms with Crippen LogP contribution in [0.25, 0.3) is 0 Å². The van der Waals surface area contributed by atoms with Gasteiger partial charge in [0.15, 0.2) is 0 Å². The molecule has 1 aliphatic rings. The minimum Gasteiger partial charge on any atom is -0.381 e. The lowest BCUT2D eigenvalue weighted by Crippen LogP contribution is -2.33. The smallest absolute Gasteiger partial charge is 0.143 e. The molecule has 2 rings (SSSR count). The summed E-state index contributed by atoms with van der Waals surface area (Å²) in [6, 6.07) is 2.71. The van der Waals surface area contributed by atoms with Crippen molar-refractivity contribution in [2.75, 3.05) is 18.5 Å². The van der Waals surface area contributed by atoms with Gasteiger partial charge in [0.1, 0.15) is 11.6 Å². The summed E-state index contributed by atoms with van der Waals surface area (Å²) in [5.74, 6) is -0.954. The summed E-state index contributed by atoms with van der Waals surface area (Å²) in [7, 11) is 0. The Morgan fingerprint density at radius 3 is 2.50 bits per heavy atom. The number of ether oxygens (including phenoxy) is 1. The van der Waals surface area contributed by atoms with E-state index in [1.807, 2.05) is 0 Å². The summed E-state index contributed by atoms with van der Waals surface area (Å²) in [5, 5.41) is 0.731. The molecule has 5 heteroatoms. The van der Waals surface area contributed by atoms with Crippen LogP contribution in [0.15, 0.2) is 16.6 Å². The first-order valence-electron chi connectivity index (χ1n) is 5.84. The summed E-state index contributed by atoms with van der Waals surface area (Å²) < 4.78 is 33.4. The first-order chi connectivity index (χ1) is 8.58. The van der Waals surface area contributed by atoms with Crippen LogP contribution in [0.4, 0.5) is 8.78 Å². The molecule has 1 heterocycles. The molecule has 1 fully saturated rings. The Morgan fingerprint density at radius 2 is 1.89 bits per heavy atom. The van der Waals surface area contributed by atoms with E-state index in [9.17, 15) is 8.78 Å². The number of benzene rings is 1. The van der Waals surface area contributed by atoms with E-state index in [0.29, 0.717) is 24.1 Å². The molecule has 0 amide bonds. The van der Waals surface area contributed by atoms with Crippen molar-refractivity contribution in [2.24, 2.45) is 5.41 Å². The van der Waals surface area contributed by atoms with Crippen molar-refractivity contribution in [3.8, 4) is 0 Å². The third kappa shape index (κ3) is 2.94. The Balaban J connectivity index is 2.29. The zero-order valence-corrected chi connectivity index (χ0v) is 13.0. The highest BCUT2D eigenvalue weighted by Crippen LogP contribution is 2.38. The van der Waals surface area contributed by atoms with Crippen LogP contribution in [0.2, 0.25) is 0 Å². The predicted octanol–water partition coefficient (Wildman–Crippen LogP) is 4.46. The molecular formula is C13H14Br2F2O. The average Bonchev–Trinajstić information content (AvgIpc) is 2.40. The molecule has 18 heavy (non-hydrogen) atoms. The van der Waals surface area contributed by atoms with E-state index >= 15 is 0 Å². The van der Waals surface area contributed by atoms with Gasteiger partial charge in [0.05, 0.1) is 4.47 Å². The van der Waals surface area contributed by atoms with Gasteiger partial charge in [0, 0.05) is 24.1 Å². The zero-order chi connectivity index (χ0) is 13.2. The van der Waals surface area contributed by atoms with Gasteiger partial charge < -0.3 is 4.74 Å². The number of hydrogen-bond donors (Lipinski definition) is 0. The molecule has 0 aliphatic carbocycles. The minimum atomic E-state index is -0.484. The van der Waals surface area contributed by atoms with Crippen LogP contribution in [-0.4, -0.2) is 18.5 Å². The fourth-order valence-corrected chi connectivity index (χ4v) is 3.40. The van der Waals surface area contributed by atoms with E-state index in [4.69, 9.17) is 4.74 Å². The Bertz CT molecular complexity index is 431. The fraction of sp³-hybridized carbons (Fsp3) is 0.538. The topological polar surface area (TPSA) is 9.23 Å². The molecule has 0 radical (unpaired) electrons. The van der Waals surface area contributed by atoms with Gasteiger partial charge in [-0.1, -0.05) is 15.9 Å². The molecule has 0 atom stereocenters. The van der Waals surface area contributed by atoms with Crippen LogP contribution in [0.5, 0.6) is 0 Å². The van der Waals surface area contributed by atoms with Gasteiger partial charge in [-0.25, -0.2) is 8.78 Å². The summed E-state index contributed by atoms with van der Waals surface area (Å²) in [6.45, 7) is 1.31. The molecular weight excluding hydrogens is 370 g/mol. The lowest BCUT2D eigenvalue weighted by atomic mass is 9.77. The predicted molar refractivity (Wildman–Crippen MR) is 74.0 cm³/mol. The average molecular weight is 384 g/mol. The largest absolute Gasteiger partial charge is 0.381 e. The standard InChI is InChI=1S/C13H14Br2F2O/c14-8-13(3-5-18-6-4-13)7-9-11(16)2-1-10(15)12(9)17/h1-2H,3-8H2. The summed E-state index contributed by atoms with van der Waals surface area (Å²) >= 11 is 6.59.